The SMILES string of the molecule is c1ccc2c(c1)oc1c(-c3c4ccccc4c(-c4nccc5c4oc4ccccc45)c4ccccc34)nccc12. The Morgan fingerprint density at radius 1 is 0.350 bits per heavy atom. The molecule has 5 aromatic carbocycles. The number of nitrogens with zero attached hydrogens (tertiary/aromatic N) is 2. The minimum atomic E-state index is 0.796. The van der Waals surface area contributed by atoms with Crippen LogP contribution in [-0.4, -0.2) is 9.97 Å². The summed E-state index contributed by atoms with van der Waals surface area (Å²) in [5.74, 6) is 0. The number of pyridine rings is 2. The first-order valence-corrected chi connectivity index (χ1v) is 13.3. The molecular weight excluding hydrogens is 492 g/mol. The van der Waals surface area contributed by atoms with Crippen LogP contribution in [0, 0.1) is 0 Å². The Hall–Kier alpha value is -5.48. The molecule has 0 amide bonds. The maximum atomic E-state index is 6.45. The fourth-order valence-corrected chi connectivity index (χ4v) is 6.30. The van der Waals surface area contributed by atoms with Crippen molar-refractivity contribution in [3.63, 3.8) is 0 Å². The average Bonchev–Trinajstić information content (AvgIpc) is 3.59. The van der Waals surface area contributed by atoms with Crippen LogP contribution in [-0.2, 0) is 0 Å². The molecule has 0 aliphatic heterocycles. The van der Waals surface area contributed by atoms with E-state index < -0.39 is 0 Å². The normalized spacial score (nSPS) is 12.0. The fourth-order valence-electron chi connectivity index (χ4n) is 6.30. The third-order valence-electron chi connectivity index (χ3n) is 7.99. The Kier molecular flexibility index (Phi) is 4.30. The molecule has 9 aromatic rings. The summed E-state index contributed by atoms with van der Waals surface area (Å²) >= 11 is 0. The molecule has 4 heterocycles. The molecule has 0 aliphatic rings. The largest absolute Gasteiger partial charge is 0.454 e. The second kappa shape index (κ2) is 8.01. The van der Waals surface area contributed by atoms with Gasteiger partial charge >= 0.3 is 0 Å². The Morgan fingerprint density at radius 2 is 0.700 bits per heavy atom. The zero-order valence-corrected chi connectivity index (χ0v) is 21.3. The zero-order chi connectivity index (χ0) is 26.2. The van der Waals surface area contributed by atoms with E-state index in [1.807, 2.05) is 60.9 Å². The van der Waals surface area contributed by atoms with Crippen molar-refractivity contribution in [3.8, 4) is 22.5 Å². The lowest BCUT2D eigenvalue weighted by molar-refractivity contribution is 0.668. The summed E-state index contributed by atoms with van der Waals surface area (Å²) in [7, 11) is 0. The van der Waals surface area contributed by atoms with Gasteiger partial charge in [0.2, 0.25) is 0 Å². The van der Waals surface area contributed by atoms with Gasteiger partial charge in [0.1, 0.15) is 22.6 Å². The molecule has 4 nitrogen and oxygen atoms in total. The minimum absolute atomic E-state index is 0.796. The Balaban J connectivity index is 1.46. The summed E-state index contributed by atoms with van der Waals surface area (Å²) in [6.07, 6.45) is 3.77. The molecule has 0 fully saturated rings. The second-order valence-electron chi connectivity index (χ2n) is 10.1. The van der Waals surface area contributed by atoms with E-state index in [1.54, 1.807) is 0 Å². The van der Waals surface area contributed by atoms with Crippen LogP contribution in [0.2, 0.25) is 0 Å². The Labute approximate surface area is 228 Å². The number of aromatic nitrogens is 2. The summed E-state index contributed by atoms with van der Waals surface area (Å²) in [6.45, 7) is 0. The van der Waals surface area contributed by atoms with Crippen LogP contribution >= 0.6 is 0 Å². The highest BCUT2D eigenvalue weighted by Gasteiger charge is 2.23. The van der Waals surface area contributed by atoms with Gasteiger partial charge in [-0.05, 0) is 45.8 Å². The Morgan fingerprint density at radius 3 is 1.10 bits per heavy atom. The van der Waals surface area contributed by atoms with E-state index in [0.717, 1.165) is 87.9 Å². The smallest absolute Gasteiger partial charge is 0.161 e. The van der Waals surface area contributed by atoms with E-state index in [1.165, 1.54) is 0 Å². The van der Waals surface area contributed by atoms with E-state index >= 15 is 0 Å². The topological polar surface area (TPSA) is 52.1 Å². The van der Waals surface area contributed by atoms with E-state index in [4.69, 9.17) is 18.8 Å². The highest BCUT2D eigenvalue weighted by Crippen LogP contribution is 2.47. The first kappa shape index (κ1) is 21.5. The van der Waals surface area contributed by atoms with Gasteiger partial charge in [0.25, 0.3) is 0 Å². The van der Waals surface area contributed by atoms with Gasteiger partial charge in [-0.3, -0.25) is 9.97 Å². The monoisotopic (exact) mass is 512 g/mol. The van der Waals surface area contributed by atoms with Crippen LogP contribution < -0.4 is 0 Å². The molecular formula is C36H20N2O2. The van der Waals surface area contributed by atoms with Crippen molar-refractivity contribution < 1.29 is 8.83 Å². The van der Waals surface area contributed by atoms with Gasteiger partial charge in [-0.15, -0.1) is 0 Å². The highest BCUT2D eigenvalue weighted by molar-refractivity contribution is 6.25. The molecule has 40 heavy (non-hydrogen) atoms. The first-order valence-electron chi connectivity index (χ1n) is 13.3. The third kappa shape index (κ3) is 2.85. The predicted octanol–water partition coefficient (Wildman–Crippen LogP) is 9.92. The van der Waals surface area contributed by atoms with Crippen LogP contribution in [0.4, 0.5) is 0 Å². The fraction of sp³-hybridized carbons (Fsp3) is 0. The predicted molar refractivity (Wildman–Crippen MR) is 162 cm³/mol. The van der Waals surface area contributed by atoms with Crippen molar-refractivity contribution in [2.24, 2.45) is 0 Å². The summed E-state index contributed by atoms with van der Waals surface area (Å²) < 4.78 is 12.9. The third-order valence-corrected chi connectivity index (χ3v) is 7.99. The standard InChI is InChI=1S/C36H20N2O2/c1-2-12-24-23(11-1)31(33-35-27(17-19-37-33)21-9-5-7-15-29(21)39-35)25-13-3-4-14-26(25)32(24)34-36-28(18-20-38-34)22-10-6-8-16-30(22)40-36/h1-20H. The number of benzene rings is 5. The first-order chi connectivity index (χ1) is 19.9. The quantitative estimate of drug-likeness (QED) is 0.216. The summed E-state index contributed by atoms with van der Waals surface area (Å²) in [5, 5.41) is 8.66. The highest BCUT2D eigenvalue weighted by atomic mass is 16.3. The van der Waals surface area contributed by atoms with E-state index in [0.29, 0.717) is 0 Å². The molecule has 4 heteroatoms. The van der Waals surface area contributed by atoms with E-state index in [2.05, 4.69) is 60.7 Å². The van der Waals surface area contributed by atoms with Gasteiger partial charge in [-0.25, -0.2) is 0 Å². The van der Waals surface area contributed by atoms with Crippen molar-refractivity contribution in [1.82, 2.24) is 9.97 Å². The molecule has 0 atom stereocenters. The molecule has 0 bridgehead atoms. The van der Waals surface area contributed by atoms with Gasteiger partial charge in [-0.1, -0.05) is 84.9 Å². The maximum absolute atomic E-state index is 6.45. The van der Waals surface area contributed by atoms with Gasteiger partial charge in [0.15, 0.2) is 11.2 Å². The van der Waals surface area contributed by atoms with Gasteiger partial charge < -0.3 is 8.83 Å². The van der Waals surface area contributed by atoms with Crippen molar-refractivity contribution in [3.05, 3.63) is 122 Å². The molecule has 186 valence electrons. The lowest BCUT2D eigenvalue weighted by Gasteiger charge is -2.16. The van der Waals surface area contributed by atoms with Crippen LogP contribution in [0.15, 0.2) is 130 Å². The molecule has 0 aliphatic carbocycles. The number of para-hydroxylation sites is 2. The molecule has 0 saturated heterocycles. The molecule has 9 rings (SSSR count). The number of hydrogen-bond acceptors (Lipinski definition) is 4. The molecule has 0 radical (unpaired) electrons. The summed E-state index contributed by atoms with van der Waals surface area (Å²) in [5.41, 5.74) is 7.09. The average molecular weight is 513 g/mol. The van der Waals surface area contributed by atoms with Crippen LogP contribution in [0.3, 0.4) is 0 Å². The van der Waals surface area contributed by atoms with Gasteiger partial charge in [-0.2, -0.15) is 0 Å². The molecule has 0 spiro atoms. The summed E-state index contributed by atoms with van der Waals surface area (Å²) in [4.78, 5) is 9.85. The molecule has 0 N–H and O–H groups in total. The van der Waals surface area contributed by atoms with Crippen LogP contribution in [0.5, 0.6) is 0 Å². The van der Waals surface area contributed by atoms with Crippen molar-refractivity contribution in [2.75, 3.05) is 0 Å². The maximum Gasteiger partial charge on any atom is 0.161 e. The lowest BCUT2D eigenvalue weighted by Crippen LogP contribution is -1.94. The molecule has 0 saturated carbocycles. The van der Waals surface area contributed by atoms with E-state index in [9.17, 15) is 0 Å². The Bertz CT molecular complexity index is 2220. The number of rotatable bonds is 2. The van der Waals surface area contributed by atoms with Crippen LogP contribution in [0.1, 0.15) is 0 Å². The lowest BCUT2D eigenvalue weighted by atomic mass is 9.88. The second-order valence-corrected chi connectivity index (χ2v) is 10.1. The van der Waals surface area contributed by atoms with Gasteiger partial charge in [0, 0.05) is 45.1 Å². The minimum Gasteiger partial charge on any atom is -0.454 e. The zero-order valence-electron chi connectivity index (χ0n) is 21.3. The van der Waals surface area contributed by atoms with Crippen molar-refractivity contribution in [1.29, 1.82) is 0 Å². The van der Waals surface area contributed by atoms with Crippen molar-refractivity contribution in [2.45, 2.75) is 0 Å². The number of fused-ring (bicyclic) bond motifs is 8. The van der Waals surface area contributed by atoms with Crippen LogP contribution in [0.25, 0.3) is 87.9 Å². The number of furan rings is 2. The summed E-state index contributed by atoms with van der Waals surface area (Å²) in [6, 6.07) is 37.4. The van der Waals surface area contributed by atoms with Gasteiger partial charge in [0.05, 0.1) is 0 Å². The number of hydrogen-bond donors (Lipinski definition) is 0. The van der Waals surface area contributed by atoms with Crippen molar-refractivity contribution >= 4 is 65.4 Å². The van der Waals surface area contributed by atoms with E-state index in [-0.39, 0.29) is 0 Å². The molecule has 4 aromatic heterocycles. The molecule has 0 unspecified atom stereocenters.